The van der Waals surface area contributed by atoms with E-state index in [0.29, 0.717) is 36.0 Å². The number of benzene rings is 2. The van der Waals surface area contributed by atoms with Gasteiger partial charge in [-0.3, -0.25) is 4.79 Å². The van der Waals surface area contributed by atoms with Gasteiger partial charge in [0.05, 0.1) is 4.90 Å². The molecule has 41 heavy (non-hydrogen) atoms. The minimum absolute atomic E-state index is 0.0865. The van der Waals surface area contributed by atoms with Gasteiger partial charge in [0.2, 0.25) is 10.0 Å². The molecule has 1 heterocycles. The maximum absolute atomic E-state index is 14.2. The van der Waals surface area contributed by atoms with Crippen LogP contribution in [0, 0.1) is 23.7 Å². The Balaban J connectivity index is 1.29. The summed E-state index contributed by atoms with van der Waals surface area (Å²) in [5, 5.41) is 14.8. The van der Waals surface area contributed by atoms with E-state index in [2.05, 4.69) is 59.0 Å². The second-order valence-electron chi connectivity index (χ2n) is 13.6. The van der Waals surface area contributed by atoms with Crippen molar-refractivity contribution in [1.29, 1.82) is 0 Å². The van der Waals surface area contributed by atoms with Crippen LogP contribution in [0.3, 0.4) is 0 Å². The highest BCUT2D eigenvalue weighted by Gasteiger charge is 2.58. The van der Waals surface area contributed by atoms with Crippen molar-refractivity contribution in [1.82, 2.24) is 9.62 Å². The average Bonchev–Trinajstić information content (AvgIpc) is 3.32. The predicted molar refractivity (Wildman–Crippen MR) is 163 cm³/mol. The standard InChI is InChI=1S/C34H48N2O4S/c1-21(2)24-16-27(22(3)4)32(28(17-24)23(5)6)41(39,40)36-19-30-29(31(30)20-36)18-35-33(37)34(38,26-14-10-11-15-26)25-12-8-7-9-13-25/h7-9,12-13,16-17,21-23,26,29-31,38H,10-11,14-15,18-20H2,1-6H3,(H,35,37)/t29-,30-,31+,34?. The fourth-order valence-corrected chi connectivity index (χ4v) is 9.54. The number of nitrogens with zero attached hydrogens (tertiary/aromatic N) is 1. The normalized spacial score (nSPS) is 24.7. The van der Waals surface area contributed by atoms with Crippen LogP contribution in [-0.2, 0) is 20.4 Å². The van der Waals surface area contributed by atoms with E-state index in [4.69, 9.17) is 0 Å². The first-order valence-corrected chi connectivity index (χ1v) is 17.0. The Morgan fingerprint density at radius 2 is 1.46 bits per heavy atom. The minimum atomic E-state index is -3.65. The van der Waals surface area contributed by atoms with Crippen LogP contribution in [-0.4, -0.2) is 43.4 Å². The van der Waals surface area contributed by atoms with Gasteiger partial charge in [-0.25, -0.2) is 8.42 Å². The first kappa shape index (κ1) is 30.2. The smallest absolute Gasteiger partial charge is 0.256 e. The van der Waals surface area contributed by atoms with Gasteiger partial charge in [-0.15, -0.1) is 0 Å². The zero-order valence-corrected chi connectivity index (χ0v) is 26.4. The number of sulfonamides is 1. The SMILES string of the molecule is CC(C)c1cc(C(C)C)c(S(=O)(=O)N2C[C@@H]3[C@@H](CNC(=O)C(O)(c4ccccc4)C4CCCC4)[C@@H]3C2)c(C(C)C)c1. The van der Waals surface area contributed by atoms with E-state index in [1.54, 1.807) is 4.31 Å². The van der Waals surface area contributed by atoms with E-state index in [-0.39, 0.29) is 41.4 Å². The number of fused-ring (bicyclic) bond motifs is 1. The van der Waals surface area contributed by atoms with Crippen LogP contribution in [0.25, 0.3) is 0 Å². The van der Waals surface area contributed by atoms with Gasteiger partial charge < -0.3 is 10.4 Å². The van der Waals surface area contributed by atoms with Crippen molar-refractivity contribution in [2.24, 2.45) is 23.7 Å². The number of carbonyl (C=O) groups is 1. The molecular weight excluding hydrogens is 532 g/mol. The summed E-state index contributed by atoms with van der Waals surface area (Å²) in [6.07, 6.45) is 3.74. The molecule has 4 atom stereocenters. The van der Waals surface area contributed by atoms with Gasteiger partial charge in [-0.1, -0.05) is 96.8 Å². The van der Waals surface area contributed by atoms with E-state index < -0.39 is 15.6 Å². The number of hydrogen-bond acceptors (Lipinski definition) is 4. The fraction of sp³-hybridized carbons (Fsp3) is 0.618. The molecule has 2 aromatic rings. The van der Waals surface area contributed by atoms with Crippen LogP contribution < -0.4 is 5.32 Å². The molecule has 224 valence electrons. The molecule has 7 heteroatoms. The number of aliphatic hydroxyl groups is 1. The Kier molecular flexibility index (Phi) is 8.45. The third-order valence-corrected chi connectivity index (χ3v) is 12.0. The third kappa shape index (κ3) is 5.50. The minimum Gasteiger partial charge on any atom is -0.375 e. The van der Waals surface area contributed by atoms with Crippen molar-refractivity contribution < 1.29 is 18.3 Å². The highest BCUT2D eigenvalue weighted by Crippen LogP contribution is 2.53. The first-order chi connectivity index (χ1) is 19.4. The molecule has 2 N–H and O–H groups in total. The van der Waals surface area contributed by atoms with Crippen LogP contribution in [0.4, 0.5) is 0 Å². The molecule has 5 rings (SSSR count). The van der Waals surface area contributed by atoms with Crippen LogP contribution in [0.2, 0.25) is 0 Å². The summed E-state index contributed by atoms with van der Waals surface area (Å²) in [6.45, 7) is 14.0. The number of piperidine rings is 1. The molecule has 3 aliphatic rings. The molecule has 0 bridgehead atoms. The monoisotopic (exact) mass is 580 g/mol. The summed E-state index contributed by atoms with van der Waals surface area (Å²) in [7, 11) is -3.65. The lowest BCUT2D eigenvalue weighted by atomic mass is 9.79. The summed E-state index contributed by atoms with van der Waals surface area (Å²) in [5.41, 5.74) is 2.14. The Morgan fingerprint density at radius 3 is 1.95 bits per heavy atom. The molecule has 0 radical (unpaired) electrons. The fourth-order valence-electron chi connectivity index (χ4n) is 7.36. The topological polar surface area (TPSA) is 86.7 Å². The van der Waals surface area contributed by atoms with Crippen molar-refractivity contribution >= 4 is 15.9 Å². The number of rotatable bonds is 10. The highest BCUT2D eigenvalue weighted by molar-refractivity contribution is 7.89. The van der Waals surface area contributed by atoms with E-state index in [1.807, 2.05) is 30.3 Å². The highest BCUT2D eigenvalue weighted by atomic mass is 32.2. The number of hydrogen-bond donors (Lipinski definition) is 2. The van der Waals surface area contributed by atoms with E-state index in [9.17, 15) is 18.3 Å². The van der Waals surface area contributed by atoms with E-state index in [0.717, 1.165) is 36.8 Å². The van der Waals surface area contributed by atoms with Crippen LogP contribution >= 0.6 is 0 Å². The lowest BCUT2D eigenvalue weighted by Gasteiger charge is -2.33. The molecule has 6 nitrogen and oxygen atoms in total. The first-order valence-electron chi connectivity index (χ1n) is 15.6. The van der Waals surface area contributed by atoms with Gasteiger partial charge >= 0.3 is 0 Å². The lowest BCUT2D eigenvalue weighted by molar-refractivity contribution is -0.147. The number of nitrogens with one attached hydrogen (secondary N) is 1. The third-order valence-electron chi connectivity index (χ3n) is 10.0. The Bertz CT molecular complexity index is 1320. The largest absolute Gasteiger partial charge is 0.375 e. The van der Waals surface area contributed by atoms with Crippen molar-refractivity contribution in [3.8, 4) is 0 Å². The van der Waals surface area contributed by atoms with E-state index >= 15 is 0 Å². The molecular formula is C34H48N2O4S. The van der Waals surface area contributed by atoms with Crippen molar-refractivity contribution in [2.75, 3.05) is 19.6 Å². The van der Waals surface area contributed by atoms with Gasteiger partial charge in [0.1, 0.15) is 0 Å². The van der Waals surface area contributed by atoms with Crippen LogP contribution in [0.5, 0.6) is 0 Å². The van der Waals surface area contributed by atoms with Crippen molar-refractivity contribution in [3.05, 3.63) is 64.7 Å². The quantitative estimate of drug-likeness (QED) is 0.355. The summed E-state index contributed by atoms with van der Waals surface area (Å²) in [6, 6.07) is 13.5. The van der Waals surface area contributed by atoms with Crippen LogP contribution in [0.15, 0.2) is 47.4 Å². The molecule has 1 aliphatic heterocycles. The van der Waals surface area contributed by atoms with Crippen molar-refractivity contribution in [3.63, 3.8) is 0 Å². The van der Waals surface area contributed by atoms with Gasteiger partial charge in [-0.05, 0) is 70.6 Å². The molecule has 1 saturated heterocycles. The van der Waals surface area contributed by atoms with E-state index in [1.165, 1.54) is 5.56 Å². The van der Waals surface area contributed by atoms with Gasteiger partial charge in [-0.2, -0.15) is 4.31 Å². The lowest BCUT2D eigenvalue weighted by Crippen LogP contribution is -2.49. The summed E-state index contributed by atoms with van der Waals surface area (Å²) in [5.74, 6) is 0.827. The zero-order valence-electron chi connectivity index (χ0n) is 25.6. The number of amides is 1. The predicted octanol–water partition coefficient (Wildman–Crippen LogP) is 6.12. The second-order valence-corrected chi connectivity index (χ2v) is 15.5. The maximum atomic E-state index is 14.2. The molecule has 1 amide bonds. The zero-order chi connectivity index (χ0) is 29.7. The summed E-state index contributed by atoms with van der Waals surface area (Å²) < 4.78 is 30.0. The summed E-state index contributed by atoms with van der Waals surface area (Å²) in [4.78, 5) is 14.0. The number of carbonyl (C=O) groups excluding carboxylic acids is 1. The Morgan fingerprint density at radius 1 is 0.927 bits per heavy atom. The Labute approximate surface area is 247 Å². The molecule has 2 aromatic carbocycles. The maximum Gasteiger partial charge on any atom is 0.256 e. The molecule has 2 saturated carbocycles. The van der Waals surface area contributed by atoms with Gasteiger partial charge in [0.25, 0.3) is 5.91 Å². The average molecular weight is 581 g/mol. The van der Waals surface area contributed by atoms with Gasteiger partial charge in [0.15, 0.2) is 5.60 Å². The summed E-state index contributed by atoms with van der Waals surface area (Å²) >= 11 is 0. The molecule has 3 fully saturated rings. The van der Waals surface area contributed by atoms with Gasteiger partial charge in [0, 0.05) is 25.6 Å². The Hall–Kier alpha value is -2.22. The van der Waals surface area contributed by atoms with Crippen LogP contribution in [0.1, 0.15) is 107 Å². The molecule has 0 aromatic heterocycles. The molecule has 0 spiro atoms. The second kappa shape index (κ2) is 11.5. The van der Waals surface area contributed by atoms with Crippen molar-refractivity contribution in [2.45, 2.75) is 95.5 Å². The molecule has 1 unspecified atom stereocenters. The molecule has 2 aliphatic carbocycles.